The van der Waals surface area contributed by atoms with Crippen LogP contribution in [0.4, 0.5) is 10.7 Å². The van der Waals surface area contributed by atoms with Gasteiger partial charge < -0.3 is 10.6 Å². The standard InChI is InChI=1S/C17H17N3O2S/c1-10-11(2)23-17(15(10)9-18)20-16(22)8-13-4-6-14(7-5-13)19-12(3)21/h4-7H,8H2,1-3H3,(H,19,21)(H,20,22). The Morgan fingerprint density at radius 2 is 1.83 bits per heavy atom. The minimum atomic E-state index is -0.171. The highest BCUT2D eigenvalue weighted by molar-refractivity contribution is 7.16. The van der Waals surface area contributed by atoms with Crippen LogP contribution < -0.4 is 10.6 Å². The molecule has 1 aromatic heterocycles. The number of hydrogen-bond donors (Lipinski definition) is 2. The van der Waals surface area contributed by atoms with E-state index >= 15 is 0 Å². The minimum absolute atomic E-state index is 0.136. The molecule has 0 saturated carbocycles. The normalized spacial score (nSPS) is 10.0. The zero-order valence-corrected chi connectivity index (χ0v) is 14.0. The van der Waals surface area contributed by atoms with Gasteiger partial charge in [0.15, 0.2) is 0 Å². The number of carbonyl (C=O) groups excluding carboxylic acids is 2. The van der Waals surface area contributed by atoms with Gasteiger partial charge in [-0.15, -0.1) is 11.3 Å². The number of thiophene rings is 1. The van der Waals surface area contributed by atoms with Crippen molar-refractivity contribution in [3.8, 4) is 6.07 Å². The first kappa shape index (κ1) is 16.7. The molecule has 0 aliphatic heterocycles. The molecule has 0 unspecified atom stereocenters. The van der Waals surface area contributed by atoms with Gasteiger partial charge in [0, 0.05) is 17.5 Å². The van der Waals surface area contributed by atoms with Crippen LogP contribution in [-0.4, -0.2) is 11.8 Å². The second kappa shape index (κ2) is 7.07. The molecule has 2 aromatic rings. The van der Waals surface area contributed by atoms with Crippen LogP contribution in [0, 0.1) is 25.2 Å². The van der Waals surface area contributed by atoms with Crippen molar-refractivity contribution in [3.05, 3.63) is 45.8 Å². The van der Waals surface area contributed by atoms with E-state index in [4.69, 9.17) is 0 Å². The summed E-state index contributed by atoms with van der Waals surface area (Å²) in [5.41, 5.74) is 2.97. The first-order valence-electron chi connectivity index (χ1n) is 7.07. The monoisotopic (exact) mass is 327 g/mol. The summed E-state index contributed by atoms with van der Waals surface area (Å²) in [6.07, 6.45) is 0.210. The number of nitriles is 1. The molecule has 0 aliphatic rings. The lowest BCUT2D eigenvalue weighted by Gasteiger charge is -2.06. The summed E-state index contributed by atoms with van der Waals surface area (Å²) < 4.78 is 0. The second-order valence-corrected chi connectivity index (χ2v) is 6.43. The highest BCUT2D eigenvalue weighted by Gasteiger charge is 2.14. The van der Waals surface area contributed by atoms with Crippen LogP contribution >= 0.6 is 11.3 Å². The molecule has 0 atom stereocenters. The number of nitrogens with one attached hydrogen (secondary N) is 2. The predicted octanol–water partition coefficient (Wildman–Crippen LogP) is 3.38. The Hall–Kier alpha value is -2.65. The van der Waals surface area contributed by atoms with E-state index in [-0.39, 0.29) is 18.2 Å². The van der Waals surface area contributed by atoms with Gasteiger partial charge in [0.2, 0.25) is 11.8 Å². The van der Waals surface area contributed by atoms with Gasteiger partial charge in [0.05, 0.1) is 12.0 Å². The van der Waals surface area contributed by atoms with Crippen molar-refractivity contribution in [3.63, 3.8) is 0 Å². The number of nitrogens with zero attached hydrogens (tertiary/aromatic N) is 1. The van der Waals surface area contributed by atoms with E-state index in [0.29, 0.717) is 16.3 Å². The summed E-state index contributed by atoms with van der Waals surface area (Å²) in [6, 6.07) is 9.23. The van der Waals surface area contributed by atoms with Crippen molar-refractivity contribution in [2.75, 3.05) is 10.6 Å². The number of benzene rings is 1. The first-order valence-corrected chi connectivity index (χ1v) is 7.89. The quantitative estimate of drug-likeness (QED) is 0.903. The van der Waals surface area contributed by atoms with Crippen molar-refractivity contribution in [1.82, 2.24) is 0 Å². The van der Waals surface area contributed by atoms with Gasteiger partial charge in [0.25, 0.3) is 0 Å². The van der Waals surface area contributed by atoms with Gasteiger partial charge in [0.1, 0.15) is 11.1 Å². The van der Waals surface area contributed by atoms with E-state index in [1.54, 1.807) is 24.3 Å². The van der Waals surface area contributed by atoms with E-state index in [2.05, 4.69) is 16.7 Å². The van der Waals surface area contributed by atoms with Gasteiger partial charge in [-0.3, -0.25) is 9.59 Å². The molecule has 2 rings (SSSR count). The third-order valence-electron chi connectivity index (χ3n) is 3.39. The molecule has 23 heavy (non-hydrogen) atoms. The summed E-state index contributed by atoms with van der Waals surface area (Å²) in [5.74, 6) is -0.307. The fourth-order valence-electron chi connectivity index (χ4n) is 2.12. The first-order chi connectivity index (χ1) is 10.9. The fraction of sp³-hybridized carbons (Fsp3) is 0.235. The fourth-order valence-corrected chi connectivity index (χ4v) is 3.14. The number of amides is 2. The number of carbonyl (C=O) groups is 2. The summed E-state index contributed by atoms with van der Waals surface area (Å²) in [6.45, 7) is 5.25. The highest BCUT2D eigenvalue weighted by Crippen LogP contribution is 2.31. The van der Waals surface area contributed by atoms with Gasteiger partial charge >= 0.3 is 0 Å². The van der Waals surface area contributed by atoms with Crippen LogP contribution in [0.25, 0.3) is 0 Å². The van der Waals surface area contributed by atoms with Crippen molar-refractivity contribution in [1.29, 1.82) is 5.26 Å². The minimum Gasteiger partial charge on any atom is -0.326 e. The largest absolute Gasteiger partial charge is 0.326 e. The Balaban J connectivity index is 2.04. The summed E-state index contributed by atoms with van der Waals surface area (Å²) in [5, 5.41) is 15.3. The lowest BCUT2D eigenvalue weighted by molar-refractivity contribution is -0.116. The Labute approximate surface area is 138 Å². The molecule has 0 bridgehead atoms. The van der Waals surface area contributed by atoms with Crippen LogP contribution in [0.5, 0.6) is 0 Å². The average Bonchev–Trinajstić information content (AvgIpc) is 2.74. The molecular formula is C17H17N3O2S. The van der Waals surface area contributed by atoms with E-state index in [1.807, 2.05) is 13.8 Å². The molecule has 0 saturated heterocycles. The third-order valence-corrected chi connectivity index (χ3v) is 4.51. The lowest BCUT2D eigenvalue weighted by Crippen LogP contribution is -2.14. The average molecular weight is 327 g/mol. The summed E-state index contributed by atoms with van der Waals surface area (Å²) >= 11 is 1.41. The molecule has 6 heteroatoms. The van der Waals surface area contributed by atoms with Crippen LogP contribution in [0.1, 0.15) is 28.5 Å². The SMILES string of the molecule is CC(=O)Nc1ccc(CC(=O)Nc2sc(C)c(C)c2C#N)cc1. The van der Waals surface area contributed by atoms with Crippen LogP contribution in [0.2, 0.25) is 0 Å². The van der Waals surface area contributed by atoms with Gasteiger partial charge in [-0.05, 0) is 37.1 Å². The van der Waals surface area contributed by atoms with Crippen molar-refractivity contribution in [2.45, 2.75) is 27.2 Å². The molecule has 0 aliphatic carbocycles. The summed E-state index contributed by atoms with van der Waals surface area (Å²) in [7, 11) is 0. The molecule has 2 N–H and O–H groups in total. The summed E-state index contributed by atoms with van der Waals surface area (Å²) in [4.78, 5) is 24.1. The molecule has 0 fully saturated rings. The van der Waals surface area contributed by atoms with Crippen molar-refractivity contribution in [2.24, 2.45) is 0 Å². The molecule has 1 aromatic carbocycles. The molecule has 5 nitrogen and oxygen atoms in total. The molecule has 1 heterocycles. The highest BCUT2D eigenvalue weighted by atomic mass is 32.1. The molecule has 2 amide bonds. The van der Waals surface area contributed by atoms with Crippen molar-refractivity contribution >= 4 is 33.8 Å². The number of rotatable bonds is 4. The zero-order chi connectivity index (χ0) is 17.0. The van der Waals surface area contributed by atoms with Gasteiger partial charge in [-0.2, -0.15) is 5.26 Å². The predicted molar refractivity (Wildman–Crippen MR) is 91.6 cm³/mol. The van der Waals surface area contributed by atoms with E-state index < -0.39 is 0 Å². The van der Waals surface area contributed by atoms with Crippen molar-refractivity contribution < 1.29 is 9.59 Å². The smallest absolute Gasteiger partial charge is 0.229 e. The Kier molecular flexibility index (Phi) is 5.14. The topological polar surface area (TPSA) is 82.0 Å². The molecule has 118 valence electrons. The lowest BCUT2D eigenvalue weighted by atomic mass is 10.1. The maximum atomic E-state index is 12.1. The molecule has 0 radical (unpaired) electrons. The molecule has 0 spiro atoms. The Bertz CT molecular complexity index is 785. The zero-order valence-electron chi connectivity index (χ0n) is 13.2. The van der Waals surface area contributed by atoms with Crippen LogP contribution in [0.15, 0.2) is 24.3 Å². The second-order valence-electron chi connectivity index (χ2n) is 5.20. The number of hydrogen-bond acceptors (Lipinski definition) is 4. The van der Waals surface area contributed by atoms with Gasteiger partial charge in [-0.25, -0.2) is 0 Å². The number of anilines is 2. The maximum absolute atomic E-state index is 12.1. The van der Waals surface area contributed by atoms with Gasteiger partial charge in [-0.1, -0.05) is 12.1 Å². The van der Waals surface area contributed by atoms with Crippen LogP contribution in [-0.2, 0) is 16.0 Å². The Morgan fingerprint density at radius 1 is 1.17 bits per heavy atom. The maximum Gasteiger partial charge on any atom is 0.229 e. The van der Waals surface area contributed by atoms with E-state index in [1.165, 1.54) is 18.3 Å². The van der Waals surface area contributed by atoms with E-state index in [9.17, 15) is 14.9 Å². The van der Waals surface area contributed by atoms with E-state index in [0.717, 1.165) is 16.0 Å². The molecular weight excluding hydrogens is 310 g/mol. The third kappa shape index (κ3) is 4.18. The Morgan fingerprint density at radius 3 is 2.39 bits per heavy atom. The number of aryl methyl sites for hydroxylation is 1. The van der Waals surface area contributed by atoms with Crippen LogP contribution in [0.3, 0.4) is 0 Å².